The fourth-order valence-electron chi connectivity index (χ4n) is 1.36. The van der Waals surface area contributed by atoms with E-state index in [-0.39, 0.29) is 23.9 Å². The summed E-state index contributed by atoms with van der Waals surface area (Å²) in [5.74, 6) is -3.80. The largest absolute Gasteiger partial charge is 0.324 e. The van der Waals surface area contributed by atoms with Gasteiger partial charge in [-0.3, -0.25) is 0 Å². The van der Waals surface area contributed by atoms with Gasteiger partial charge < -0.3 is 5.73 Å². The van der Waals surface area contributed by atoms with Gasteiger partial charge in [0.25, 0.3) is 0 Å². The second-order valence-electron chi connectivity index (χ2n) is 3.68. The minimum absolute atomic E-state index is 0. The number of rotatable bonds is 3. The zero-order valence-corrected chi connectivity index (χ0v) is 9.95. The molecular weight excluding hydrogens is 239 g/mol. The predicted octanol–water partition coefficient (Wildman–Crippen LogP) is 3.57. The molecule has 0 saturated heterocycles. The summed E-state index contributed by atoms with van der Waals surface area (Å²) < 4.78 is 38.9. The Labute approximate surface area is 99.2 Å². The lowest BCUT2D eigenvalue weighted by Gasteiger charge is -2.19. The molecule has 0 aliphatic heterocycles. The van der Waals surface area contributed by atoms with E-state index < -0.39 is 23.5 Å². The normalized spacial score (nSPS) is 14.1. The summed E-state index contributed by atoms with van der Waals surface area (Å²) in [4.78, 5) is 0. The monoisotopic (exact) mass is 253 g/mol. The maximum absolute atomic E-state index is 13.3. The topological polar surface area (TPSA) is 26.0 Å². The molecule has 0 heterocycles. The number of benzene rings is 1. The van der Waals surface area contributed by atoms with E-state index in [4.69, 9.17) is 5.73 Å². The van der Waals surface area contributed by atoms with Gasteiger partial charge in [0.2, 0.25) is 0 Å². The molecule has 0 aliphatic rings. The summed E-state index contributed by atoms with van der Waals surface area (Å²) >= 11 is 0. The highest BCUT2D eigenvalue weighted by Crippen LogP contribution is 2.26. The first-order valence-electron chi connectivity index (χ1n) is 4.88. The maximum Gasteiger partial charge on any atom is 0.194 e. The first-order chi connectivity index (χ1) is 6.99. The Balaban J connectivity index is 0.00000225. The Bertz CT molecular complexity index is 357. The highest BCUT2D eigenvalue weighted by Gasteiger charge is 2.21. The van der Waals surface area contributed by atoms with Crippen LogP contribution in [0.4, 0.5) is 13.2 Å². The van der Waals surface area contributed by atoms with Crippen molar-refractivity contribution in [2.75, 3.05) is 0 Å². The minimum Gasteiger partial charge on any atom is -0.324 e. The van der Waals surface area contributed by atoms with Crippen molar-refractivity contribution in [3.8, 4) is 0 Å². The molecule has 0 fully saturated rings. The molecule has 1 aromatic carbocycles. The quantitative estimate of drug-likeness (QED) is 0.819. The summed E-state index contributed by atoms with van der Waals surface area (Å²) in [7, 11) is 0. The Morgan fingerprint density at radius 1 is 1.19 bits per heavy atom. The smallest absolute Gasteiger partial charge is 0.194 e. The fourth-order valence-corrected chi connectivity index (χ4v) is 1.36. The zero-order chi connectivity index (χ0) is 11.6. The van der Waals surface area contributed by atoms with Gasteiger partial charge in [0.05, 0.1) is 0 Å². The Kier molecular flexibility index (Phi) is 5.83. The van der Waals surface area contributed by atoms with Crippen molar-refractivity contribution >= 4 is 12.4 Å². The lowest BCUT2D eigenvalue weighted by Crippen LogP contribution is -2.20. The second-order valence-corrected chi connectivity index (χ2v) is 3.68. The van der Waals surface area contributed by atoms with Crippen LogP contribution in [-0.2, 0) is 0 Å². The van der Waals surface area contributed by atoms with Crippen LogP contribution in [0.25, 0.3) is 0 Å². The molecule has 2 N–H and O–H groups in total. The van der Waals surface area contributed by atoms with E-state index in [2.05, 4.69) is 0 Å². The maximum atomic E-state index is 13.3. The third kappa shape index (κ3) is 2.89. The molecule has 0 spiro atoms. The third-order valence-corrected chi connectivity index (χ3v) is 2.68. The molecular formula is C11H15ClF3N. The molecule has 0 aromatic heterocycles. The van der Waals surface area contributed by atoms with Crippen molar-refractivity contribution in [1.82, 2.24) is 0 Å². The molecule has 1 rings (SSSR count). The van der Waals surface area contributed by atoms with Crippen molar-refractivity contribution in [1.29, 1.82) is 0 Å². The van der Waals surface area contributed by atoms with Gasteiger partial charge in [-0.05, 0) is 12.0 Å². The van der Waals surface area contributed by atoms with Crippen molar-refractivity contribution in [3.63, 3.8) is 0 Å². The molecule has 0 bridgehead atoms. The van der Waals surface area contributed by atoms with Crippen molar-refractivity contribution in [2.45, 2.75) is 26.3 Å². The van der Waals surface area contributed by atoms with Crippen LogP contribution in [0, 0.1) is 23.4 Å². The molecule has 5 heteroatoms. The van der Waals surface area contributed by atoms with Gasteiger partial charge >= 0.3 is 0 Å². The number of halogens is 4. The number of nitrogens with two attached hydrogens (primary N) is 1. The molecule has 0 radical (unpaired) electrons. The van der Waals surface area contributed by atoms with Gasteiger partial charge in [-0.1, -0.05) is 26.3 Å². The van der Waals surface area contributed by atoms with Gasteiger partial charge in [0, 0.05) is 11.6 Å². The summed E-state index contributed by atoms with van der Waals surface area (Å²) in [6.07, 6.45) is 0.750. The van der Waals surface area contributed by atoms with Gasteiger partial charge in [0.15, 0.2) is 17.5 Å². The summed E-state index contributed by atoms with van der Waals surface area (Å²) in [5.41, 5.74) is 5.77. The Morgan fingerprint density at radius 2 is 1.75 bits per heavy atom. The first-order valence-corrected chi connectivity index (χ1v) is 4.88. The molecule has 0 saturated carbocycles. The molecule has 0 amide bonds. The van der Waals surface area contributed by atoms with E-state index in [1.807, 2.05) is 13.8 Å². The highest BCUT2D eigenvalue weighted by molar-refractivity contribution is 5.85. The van der Waals surface area contributed by atoms with Crippen LogP contribution >= 0.6 is 12.4 Å². The van der Waals surface area contributed by atoms with Crippen LogP contribution in [0.5, 0.6) is 0 Å². The first kappa shape index (κ1) is 15.3. The van der Waals surface area contributed by atoms with Crippen LogP contribution in [-0.4, -0.2) is 0 Å². The molecule has 92 valence electrons. The van der Waals surface area contributed by atoms with E-state index >= 15 is 0 Å². The highest BCUT2D eigenvalue weighted by atomic mass is 35.5. The van der Waals surface area contributed by atoms with Gasteiger partial charge in [-0.15, -0.1) is 12.4 Å². The summed E-state index contributed by atoms with van der Waals surface area (Å²) in [5, 5.41) is 0. The van der Waals surface area contributed by atoms with Crippen LogP contribution < -0.4 is 5.73 Å². The molecule has 0 aliphatic carbocycles. The molecule has 1 nitrogen and oxygen atoms in total. The van der Waals surface area contributed by atoms with Crippen LogP contribution in [0.3, 0.4) is 0 Å². The van der Waals surface area contributed by atoms with Crippen LogP contribution in [0.1, 0.15) is 31.9 Å². The zero-order valence-electron chi connectivity index (χ0n) is 9.14. The number of hydrogen-bond acceptors (Lipinski definition) is 1. The number of hydrogen-bond donors (Lipinski definition) is 1. The average molecular weight is 254 g/mol. The Morgan fingerprint density at radius 3 is 2.25 bits per heavy atom. The lowest BCUT2D eigenvalue weighted by atomic mass is 9.93. The molecule has 16 heavy (non-hydrogen) atoms. The van der Waals surface area contributed by atoms with E-state index in [0.717, 1.165) is 12.5 Å². The van der Waals surface area contributed by atoms with Crippen molar-refractivity contribution in [3.05, 3.63) is 35.1 Å². The van der Waals surface area contributed by atoms with Crippen LogP contribution in [0.2, 0.25) is 0 Å². The van der Waals surface area contributed by atoms with E-state index in [0.29, 0.717) is 0 Å². The van der Waals surface area contributed by atoms with E-state index in [1.165, 1.54) is 6.07 Å². The standard InChI is InChI=1S/C11H14F3N.ClH/c1-3-6(2)11(15)7-4-5-8(12)10(14)9(7)13;/h4-6,11H,3,15H2,1-2H3;1H/t6?,11-;/m0./s1. The van der Waals surface area contributed by atoms with Gasteiger partial charge in [-0.25, -0.2) is 13.2 Å². The Hall–Kier alpha value is -0.740. The van der Waals surface area contributed by atoms with Crippen molar-refractivity contribution < 1.29 is 13.2 Å². The summed E-state index contributed by atoms with van der Waals surface area (Å²) in [6, 6.07) is 1.49. The van der Waals surface area contributed by atoms with E-state index in [9.17, 15) is 13.2 Å². The third-order valence-electron chi connectivity index (χ3n) is 2.68. The average Bonchev–Trinajstić information content (AvgIpc) is 2.24. The second kappa shape index (κ2) is 6.11. The van der Waals surface area contributed by atoms with E-state index in [1.54, 1.807) is 0 Å². The summed E-state index contributed by atoms with van der Waals surface area (Å²) in [6.45, 7) is 3.74. The SMILES string of the molecule is CCC(C)[C@H](N)c1ccc(F)c(F)c1F.Cl. The predicted molar refractivity (Wildman–Crippen MR) is 59.9 cm³/mol. The molecule has 1 unspecified atom stereocenters. The minimum atomic E-state index is -1.45. The van der Waals surface area contributed by atoms with Crippen LogP contribution in [0.15, 0.2) is 12.1 Å². The molecule has 1 aromatic rings. The van der Waals surface area contributed by atoms with Gasteiger partial charge in [-0.2, -0.15) is 0 Å². The fraction of sp³-hybridized carbons (Fsp3) is 0.455. The molecule has 2 atom stereocenters. The lowest BCUT2D eigenvalue weighted by molar-refractivity contribution is 0.405. The van der Waals surface area contributed by atoms with Gasteiger partial charge in [0.1, 0.15) is 0 Å². The van der Waals surface area contributed by atoms with Crippen molar-refractivity contribution in [2.24, 2.45) is 11.7 Å².